The van der Waals surface area contributed by atoms with Gasteiger partial charge in [0.05, 0.1) is 18.2 Å². The highest BCUT2D eigenvalue weighted by Gasteiger charge is 2.23. The summed E-state index contributed by atoms with van der Waals surface area (Å²) in [5.74, 6) is 0.651. The van der Waals surface area contributed by atoms with Crippen LogP contribution in [0.4, 0.5) is 0 Å². The third kappa shape index (κ3) is 4.27. The summed E-state index contributed by atoms with van der Waals surface area (Å²) in [6.07, 6.45) is 3.20. The van der Waals surface area contributed by atoms with Gasteiger partial charge in [-0.2, -0.15) is 5.10 Å². The predicted octanol–water partition coefficient (Wildman–Crippen LogP) is 2.99. The van der Waals surface area contributed by atoms with Crippen molar-refractivity contribution in [1.82, 2.24) is 5.32 Å². The van der Waals surface area contributed by atoms with E-state index in [0.717, 1.165) is 11.3 Å². The van der Waals surface area contributed by atoms with Crippen molar-refractivity contribution in [2.75, 3.05) is 7.11 Å². The molecule has 1 heterocycles. The second-order valence-electron chi connectivity index (χ2n) is 5.05. The van der Waals surface area contributed by atoms with Gasteiger partial charge in [0.2, 0.25) is 0 Å². The molecule has 2 N–H and O–H groups in total. The fraction of sp³-hybridized carbons (Fsp3) is 0.0556. The van der Waals surface area contributed by atoms with E-state index in [1.807, 2.05) is 24.3 Å². The highest BCUT2D eigenvalue weighted by atomic mass is 32.2. The number of carbonyl (C=O) groups excluding carboxylic acids is 1. The summed E-state index contributed by atoms with van der Waals surface area (Å²) < 4.78 is 5.11. The number of amides is 1. The first-order valence-corrected chi connectivity index (χ1v) is 8.21. The molecule has 0 radical (unpaired) electrons. The third-order valence-electron chi connectivity index (χ3n) is 3.35. The van der Waals surface area contributed by atoms with Gasteiger partial charge in [-0.1, -0.05) is 24.3 Å². The zero-order chi connectivity index (χ0) is 17.6. The Balaban J connectivity index is 1.71. The summed E-state index contributed by atoms with van der Waals surface area (Å²) >= 11 is 1.21. The Kier molecular flexibility index (Phi) is 5.15. The molecular formula is C18H15N3O3S. The molecule has 1 amide bonds. The summed E-state index contributed by atoms with van der Waals surface area (Å²) in [5.41, 5.74) is 1.44. The van der Waals surface area contributed by atoms with Gasteiger partial charge in [0.25, 0.3) is 5.91 Å². The molecule has 126 valence electrons. The highest BCUT2D eigenvalue weighted by molar-refractivity contribution is 8.18. The fourth-order valence-electron chi connectivity index (χ4n) is 2.07. The van der Waals surface area contributed by atoms with Crippen molar-refractivity contribution in [2.45, 2.75) is 0 Å². The Hall–Kier alpha value is -3.06. The Morgan fingerprint density at radius 2 is 1.92 bits per heavy atom. The Morgan fingerprint density at radius 3 is 2.64 bits per heavy atom. The van der Waals surface area contributed by atoms with Crippen molar-refractivity contribution < 1.29 is 14.6 Å². The van der Waals surface area contributed by atoms with Crippen LogP contribution in [0.5, 0.6) is 11.5 Å². The molecule has 2 aromatic carbocycles. The maximum atomic E-state index is 12.0. The van der Waals surface area contributed by atoms with Crippen molar-refractivity contribution in [1.29, 1.82) is 0 Å². The minimum absolute atomic E-state index is 0.120. The average Bonchev–Trinajstić information content (AvgIpc) is 2.97. The molecule has 0 aliphatic carbocycles. The molecule has 1 aliphatic rings. The molecule has 1 aliphatic heterocycles. The van der Waals surface area contributed by atoms with Crippen LogP contribution in [-0.4, -0.2) is 29.5 Å². The highest BCUT2D eigenvalue weighted by Crippen LogP contribution is 2.26. The van der Waals surface area contributed by atoms with Crippen molar-refractivity contribution in [3.63, 3.8) is 0 Å². The van der Waals surface area contributed by atoms with Crippen LogP contribution in [0.1, 0.15) is 11.1 Å². The maximum absolute atomic E-state index is 12.0. The second kappa shape index (κ2) is 7.67. The number of hydrogen-bond acceptors (Lipinski definition) is 6. The Morgan fingerprint density at radius 1 is 1.16 bits per heavy atom. The summed E-state index contributed by atoms with van der Waals surface area (Å²) in [5, 5.41) is 20.6. The van der Waals surface area contributed by atoms with E-state index in [9.17, 15) is 9.90 Å². The van der Waals surface area contributed by atoms with E-state index in [-0.39, 0.29) is 11.7 Å². The van der Waals surface area contributed by atoms with Crippen molar-refractivity contribution in [3.05, 3.63) is 64.6 Å². The number of para-hydroxylation sites is 1. The minimum Gasteiger partial charge on any atom is -0.507 e. The van der Waals surface area contributed by atoms with E-state index in [0.29, 0.717) is 15.6 Å². The Labute approximate surface area is 148 Å². The smallest absolute Gasteiger partial charge is 0.264 e. The van der Waals surface area contributed by atoms with Crippen LogP contribution in [0.2, 0.25) is 0 Å². The van der Waals surface area contributed by atoms with Crippen LogP contribution in [0.3, 0.4) is 0 Å². The summed E-state index contributed by atoms with van der Waals surface area (Å²) in [4.78, 5) is 12.5. The van der Waals surface area contributed by atoms with E-state index in [4.69, 9.17) is 4.74 Å². The number of nitrogens with zero attached hydrogens (tertiary/aromatic N) is 2. The van der Waals surface area contributed by atoms with Gasteiger partial charge in [-0.05, 0) is 47.7 Å². The molecule has 1 saturated heterocycles. The molecule has 0 bridgehead atoms. The lowest BCUT2D eigenvalue weighted by Crippen LogP contribution is -2.19. The molecule has 0 aromatic heterocycles. The predicted molar refractivity (Wildman–Crippen MR) is 99.8 cm³/mol. The van der Waals surface area contributed by atoms with E-state index < -0.39 is 0 Å². The first-order valence-electron chi connectivity index (χ1n) is 7.39. The lowest BCUT2D eigenvalue weighted by atomic mass is 10.2. The number of thioether (sulfide) groups is 1. The molecule has 3 rings (SSSR count). The molecule has 2 aromatic rings. The number of phenolic OH excluding ortho intramolecular Hbond substituents is 1. The number of amidine groups is 1. The maximum Gasteiger partial charge on any atom is 0.264 e. The number of benzene rings is 2. The zero-order valence-electron chi connectivity index (χ0n) is 13.3. The first kappa shape index (κ1) is 16.8. The fourth-order valence-corrected chi connectivity index (χ4v) is 2.85. The van der Waals surface area contributed by atoms with E-state index >= 15 is 0 Å². The largest absolute Gasteiger partial charge is 0.507 e. The summed E-state index contributed by atoms with van der Waals surface area (Å²) in [6.45, 7) is 0. The summed E-state index contributed by atoms with van der Waals surface area (Å²) in [7, 11) is 1.60. The van der Waals surface area contributed by atoms with Gasteiger partial charge in [-0.25, -0.2) is 0 Å². The molecule has 0 saturated carbocycles. The molecule has 1 fully saturated rings. The van der Waals surface area contributed by atoms with Gasteiger partial charge in [-0.3, -0.25) is 10.1 Å². The first-order chi connectivity index (χ1) is 12.2. The number of ether oxygens (including phenoxy) is 1. The van der Waals surface area contributed by atoms with Gasteiger partial charge in [0.15, 0.2) is 5.17 Å². The van der Waals surface area contributed by atoms with Crippen molar-refractivity contribution >= 4 is 35.1 Å². The monoisotopic (exact) mass is 353 g/mol. The topological polar surface area (TPSA) is 83.3 Å². The number of hydrogen-bond donors (Lipinski definition) is 2. The standard InChI is InChI=1S/C18H15N3O3S/c1-24-14-8-6-12(7-9-14)10-16-17(23)20-18(25-16)21-19-11-13-4-2-3-5-15(13)22/h2-11,22H,1H3,(H,20,21,23)/b16-10-,19-11-. The molecule has 25 heavy (non-hydrogen) atoms. The van der Waals surface area contributed by atoms with Crippen LogP contribution in [0.25, 0.3) is 6.08 Å². The van der Waals surface area contributed by atoms with Crippen LogP contribution >= 0.6 is 11.8 Å². The van der Waals surface area contributed by atoms with E-state index in [2.05, 4.69) is 15.5 Å². The quantitative estimate of drug-likeness (QED) is 0.503. The Bertz CT molecular complexity index is 873. The van der Waals surface area contributed by atoms with Crippen molar-refractivity contribution in [2.24, 2.45) is 10.2 Å². The SMILES string of the molecule is COc1ccc(/C=C2\SC(=N/N=C\c3ccccc3O)NC2=O)cc1. The summed E-state index contributed by atoms with van der Waals surface area (Å²) in [6, 6.07) is 14.2. The molecule has 6 nitrogen and oxygen atoms in total. The minimum atomic E-state index is -0.225. The third-order valence-corrected chi connectivity index (χ3v) is 4.25. The lowest BCUT2D eigenvalue weighted by Gasteiger charge is -1.99. The van der Waals surface area contributed by atoms with Gasteiger partial charge >= 0.3 is 0 Å². The van der Waals surface area contributed by atoms with E-state index in [1.54, 1.807) is 37.5 Å². The molecule has 0 atom stereocenters. The molecule has 7 heteroatoms. The zero-order valence-corrected chi connectivity index (χ0v) is 14.2. The van der Waals surface area contributed by atoms with Crippen LogP contribution in [0.15, 0.2) is 63.6 Å². The van der Waals surface area contributed by atoms with E-state index in [1.165, 1.54) is 18.0 Å². The molecule has 0 spiro atoms. The van der Waals surface area contributed by atoms with Crippen LogP contribution < -0.4 is 10.1 Å². The van der Waals surface area contributed by atoms with Crippen molar-refractivity contribution in [3.8, 4) is 11.5 Å². The lowest BCUT2D eigenvalue weighted by molar-refractivity contribution is -0.115. The average molecular weight is 353 g/mol. The number of nitrogens with one attached hydrogen (secondary N) is 1. The van der Waals surface area contributed by atoms with Gasteiger partial charge in [0.1, 0.15) is 11.5 Å². The second-order valence-corrected chi connectivity index (χ2v) is 6.08. The molecule has 0 unspecified atom stereocenters. The van der Waals surface area contributed by atoms with Gasteiger partial charge < -0.3 is 9.84 Å². The van der Waals surface area contributed by atoms with Gasteiger partial charge in [0, 0.05) is 5.56 Å². The number of rotatable bonds is 4. The normalized spacial score (nSPS) is 17.4. The number of aromatic hydroxyl groups is 1. The number of carbonyl (C=O) groups is 1. The number of methoxy groups -OCH3 is 1. The number of phenols is 1. The van der Waals surface area contributed by atoms with Gasteiger partial charge in [-0.15, -0.1) is 5.10 Å². The van der Waals surface area contributed by atoms with Crippen LogP contribution in [-0.2, 0) is 4.79 Å². The molecular weight excluding hydrogens is 338 g/mol. The van der Waals surface area contributed by atoms with Crippen LogP contribution in [0, 0.1) is 0 Å².